The molecule has 0 aliphatic carbocycles. The molecule has 0 spiro atoms. The molecule has 0 aromatic heterocycles. The van der Waals surface area contributed by atoms with Crippen molar-refractivity contribution in [2.45, 2.75) is 52.2 Å². The summed E-state index contributed by atoms with van der Waals surface area (Å²) in [6.45, 7) is 9.02. The predicted molar refractivity (Wildman–Crippen MR) is 71.1 cm³/mol. The zero-order valence-corrected chi connectivity index (χ0v) is 11.8. The Morgan fingerprint density at radius 1 is 1.50 bits per heavy atom. The number of carbonyl (C=O) groups excluding carboxylic acids is 1. The van der Waals surface area contributed by atoms with Crippen molar-refractivity contribution in [2.24, 2.45) is 11.8 Å². The second-order valence-electron chi connectivity index (χ2n) is 6.08. The molecule has 2 saturated heterocycles. The minimum Gasteiger partial charge on any atom is -0.381 e. The first-order valence-electron chi connectivity index (χ1n) is 7.22. The summed E-state index contributed by atoms with van der Waals surface area (Å²) >= 11 is 0. The molecule has 0 bridgehead atoms. The summed E-state index contributed by atoms with van der Waals surface area (Å²) in [7, 11) is 0. The number of rotatable bonds is 5. The molecule has 1 amide bonds. The van der Waals surface area contributed by atoms with Crippen LogP contribution in [0.2, 0.25) is 0 Å². The molecule has 2 fully saturated rings. The van der Waals surface area contributed by atoms with Crippen LogP contribution >= 0.6 is 0 Å². The molecule has 2 rings (SSSR count). The number of ether oxygens (including phenoxy) is 1. The molecule has 0 aromatic rings. The molecule has 18 heavy (non-hydrogen) atoms. The second-order valence-corrected chi connectivity index (χ2v) is 6.08. The summed E-state index contributed by atoms with van der Waals surface area (Å²) in [4.78, 5) is 14.2. The van der Waals surface area contributed by atoms with Crippen molar-refractivity contribution in [3.63, 3.8) is 0 Å². The molecule has 2 heterocycles. The monoisotopic (exact) mass is 254 g/mol. The minimum atomic E-state index is -0.0198. The van der Waals surface area contributed by atoms with Gasteiger partial charge >= 0.3 is 0 Å². The van der Waals surface area contributed by atoms with E-state index in [1.807, 2.05) is 11.8 Å². The third kappa shape index (κ3) is 3.23. The molecular weight excluding hydrogens is 228 g/mol. The molecule has 104 valence electrons. The van der Waals surface area contributed by atoms with Crippen molar-refractivity contribution in [3.8, 4) is 0 Å². The highest BCUT2D eigenvalue weighted by Crippen LogP contribution is 2.21. The Bertz CT molecular complexity index is 288. The number of amides is 1. The highest BCUT2D eigenvalue weighted by molar-refractivity contribution is 5.83. The number of nitrogens with one attached hydrogen (secondary N) is 1. The van der Waals surface area contributed by atoms with Gasteiger partial charge in [-0.05, 0) is 38.0 Å². The van der Waals surface area contributed by atoms with Crippen molar-refractivity contribution in [3.05, 3.63) is 0 Å². The standard InChI is InChI=1S/C14H26N2O2/c1-10(2)8-13-15-11(3)14(17)16(13)6-4-12-5-7-18-9-12/h10-13,15H,4-9H2,1-3H3. The van der Waals surface area contributed by atoms with E-state index in [0.29, 0.717) is 11.8 Å². The Balaban J connectivity index is 1.87. The Morgan fingerprint density at radius 2 is 2.28 bits per heavy atom. The molecule has 4 heteroatoms. The summed E-state index contributed by atoms with van der Waals surface area (Å²) < 4.78 is 5.39. The van der Waals surface area contributed by atoms with Gasteiger partial charge in [0.1, 0.15) is 0 Å². The first-order chi connectivity index (χ1) is 8.58. The Morgan fingerprint density at radius 3 is 2.89 bits per heavy atom. The lowest BCUT2D eigenvalue weighted by molar-refractivity contribution is -0.130. The lowest BCUT2D eigenvalue weighted by Crippen LogP contribution is -2.39. The highest BCUT2D eigenvalue weighted by atomic mass is 16.5. The maximum absolute atomic E-state index is 12.1. The summed E-state index contributed by atoms with van der Waals surface area (Å²) in [5.74, 6) is 1.52. The molecule has 4 nitrogen and oxygen atoms in total. The molecule has 0 saturated carbocycles. The Hall–Kier alpha value is -0.610. The van der Waals surface area contributed by atoms with Crippen LogP contribution in [0.25, 0.3) is 0 Å². The van der Waals surface area contributed by atoms with Crippen LogP contribution in [0.5, 0.6) is 0 Å². The van der Waals surface area contributed by atoms with Gasteiger partial charge in [0.15, 0.2) is 0 Å². The van der Waals surface area contributed by atoms with Crippen LogP contribution in [0.3, 0.4) is 0 Å². The van der Waals surface area contributed by atoms with Crippen molar-refractivity contribution >= 4 is 5.91 Å². The van der Waals surface area contributed by atoms with Gasteiger partial charge in [-0.1, -0.05) is 13.8 Å². The van der Waals surface area contributed by atoms with Crippen LogP contribution in [0.15, 0.2) is 0 Å². The van der Waals surface area contributed by atoms with Gasteiger partial charge < -0.3 is 9.64 Å². The van der Waals surface area contributed by atoms with E-state index in [2.05, 4.69) is 19.2 Å². The lowest BCUT2D eigenvalue weighted by Gasteiger charge is -2.26. The van der Waals surface area contributed by atoms with Crippen molar-refractivity contribution in [1.82, 2.24) is 10.2 Å². The summed E-state index contributed by atoms with van der Waals surface area (Å²) in [6.07, 6.45) is 3.50. The Labute approximate surface area is 110 Å². The van der Waals surface area contributed by atoms with Crippen LogP contribution in [0, 0.1) is 11.8 Å². The van der Waals surface area contributed by atoms with Crippen LogP contribution in [-0.4, -0.2) is 42.8 Å². The third-order valence-electron chi connectivity index (χ3n) is 3.97. The summed E-state index contributed by atoms with van der Waals surface area (Å²) in [5, 5.41) is 3.41. The zero-order chi connectivity index (χ0) is 13.1. The van der Waals surface area contributed by atoms with Crippen LogP contribution in [0.4, 0.5) is 0 Å². The largest absolute Gasteiger partial charge is 0.381 e. The van der Waals surface area contributed by atoms with E-state index in [1.165, 1.54) is 0 Å². The molecule has 0 aromatic carbocycles. The number of nitrogens with zero attached hydrogens (tertiary/aromatic N) is 1. The summed E-state index contributed by atoms with van der Waals surface area (Å²) in [6, 6.07) is -0.0198. The maximum Gasteiger partial charge on any atom is 0.240 e. The topological polar surface area (TPSA) is 41.6 Å². The van der Waals surface area contributed by atoms with E-state index in [9.17, 15) is 4.79 Å². The van der Waals surface area contributed by atoms with Crippen molar-refractivity contribution in [1.29, 1.82) is 0 Å². The van der Waals surface area contributed by atoms with E-state index < -0.39 is 0 Å². The first kappa shape index (κ1) is 13.8. The Kier molecular flexibility index (Phi) is 4.62. The van der Waals surface area contributed by atoms with Gasteiger partial charge in [0, 0.05) is 19.8 Å². The van der Waals surface area contributed by atoms with Crippen LogP contribution in [-0.2, 0) is 9.53 Å². The molecule has 2 aliphatic rings. The molecular formula is C14H26N2O2. The molecule has 3 atom stereocenters. The average molecular weight is 254 g/mol. The van der Waals surface area contributed by atoms with Crippen molar-refractivity contribution < 1.29 is 9.53 Å². The molecule has 0 radical (unpaired) electrons. The van der Waals surface area contributed by atoms with Gasteiger partial charge in [-0.2, -0.15) is 0 Å². The zero-order valence-electron chi connectivity index (χ0n) is 11.8. The maximum atomic E-state index is 12.1. The smallest absolute Gasteiger partial charge is 0.240 e. The predicted octanol–water partition coefficient (Wildman–Crippen LogP) is 1.61. The fraction of sp³-hybridized carbons (Fsp3) is 0.929. The van der Waals surface area contributed by atoms with E-state index in [-0.39, 0.29) is 18.1 Å². The van der Waals surface area contributed by atoms with E-state index in [1.54, 1.807) is 0 Å². The second kappa shape index (κ2) is 6.02. The van der Waals surface area contributed by atoms with Gasteiger partial charge in [-0.25, -0.2) is 0 Å². The quantitative estimate of drug-likeness (QED) is 0.810. The number of hydrogen-bond acceptors (Lipinski definition) is 3. The fourth-order valence-corrected chi connectivity index (χ4v) is 2.89. The number of hydrogen-bond donors (Lipinski definition) is 1. The minimum absolute atomic E-state index is 0.0198. The van der Waals surface area contributed by atoms with Gasteiger partial charge in [0.2, 0.25) is 5.91 Å². The fourth-order valence-electron chi connectivity index (χ4n) is 2.89. The highest BCUT2D eigenvalue weighted by Gasteiger charge is 2.36. The lowest BCUT2D eigenvalue weighted by atomic mass is 10.0. The third-order valence-corrected chi connectivity index (χ3v) is 3.97. The normalized spacial score (nSPS) is 32.8. The van der Waals surface area contributed by atoms with E-state index in [4.69, 9.17) is 4.74 Å². The average Bonchev–Trinajstić information content (AvgIpc) is 2.88. The van der Waals surface area contributed by atoms with E-state index in [0.717, 1.165) is 39.0 Å². The molecule has 2 aliphatic heterocycles. The molecule has 3 unspecified atom stereocenters. The van der Waals surface area contributed by atoms with Gasteiger partial charge in [-0.3, -0.25) is 10.1 Å². The number of carbonyl (C=O) groups is 1. The van der Waals surface area contributed by atoms with Gasteiger partial charge in [0.25, 0.3) is 0 Å². The summed E-state index contributed by atoms with van der Waals surface area (Å²) in [5.41, 5.74) is 0. The van der Waals surface area contributed by atoms with Crippen LogP contribution in [0.1, 0.15) is 40.0 Å². The first-order valence-corrected chi connectivity index (χ1v) is 7.22. The SMILES string of the molecule is CC(C)CC1NC(C)C(=O)N1CCC1CCOC1. The van der Waals surface area contributed by atoms with Gasteiger partial charge in [-0.15, -0.1) is 0 Å². The van der Waals surface area contributed by atoms with Crippen LogP contribution < -0.4 is 5.32 Å². The molecule has 1 N–H and O–H groups in total. The van der Waals surface area contributed by atoms with Gasteiger partial charge in [0.05, 0.1) is 12.2 Å². The van der Waals surface area contributed by atoms with E-state index >= 15 is 0 Å². The van der Waals surface area contributed by atoms with Crippen molar-refractivity contribution in [2.75, 3.05) is 19.8 Å².